The predicted molar refractivity (Wildman–Crippen MR) is 67.8 cm³/mol. The number of hydrogen-bond donors (Lipinski definition) is 1. The van der Waals surface area contributed by atoms with Crippen LogP contribution in [-0.2, 0) is 11.3 Å². The van der Waals surface area contributed by atoms with Gasteiger partial charge in [-0.25, -0.2) is 4.79 Å². The van der Waals surface area contributed by atoms with E-state index in [1.54, 1.807) is 25.4 Å². The lowest BCUT2D eigenvalue weighted by Crippen LogP contribution is -2.01. The van der Waals surface area contributed by atoms with Crippen molar-refractivity contribution < 1.29 is 14.6 Å². The number of aromatic nitrogens is 2. The van der Waals surface area contributed by atoms with Crippen LogP contribution in [0.2, 0.25) is 0 Å². The van der Waals surface area contributed by atoms with E-state index in [1.165, 1.54) is 0 Å². The molecule has 1 aromatic heterocycles. The number of ether oxygens (including phenoxy) is 1. The van der Waals surface area contributed by atoms with Crippen molar-refractivity contribution in [1.82, 2.24) is 9.78 Å². The molecule has 0 radical (unpaired) electrons. The molecule has 0 aliphatic rings. The second-order valence-corrected chi connectivity index (χ2v) is 4.15. The number of carboxylic acids is 1. The molecule has 0 atom stereocenters. The van der Waals surface area contributed by atoms with Crippen molar-refractivity contribution in [2.45, 2.75) is 19.4 Å². The number of carboxylic acid groups (broad SMARTS) is 1. The standard InChI is InChI=1S/C13H16N2O3/c1-18-7-3-2-6-15-12-5-4-10(13(16)17)8-11(12)9-14-15/h4-5,8-9H,2-3,6-7H2,1H3,(H,16,17). The highest BCUT2D eigenvalue weighted by Gasteiger charge is 2.07. The van der Waals surface area contributed by atoms with Crippen LogP contribution < -0.4 is 0 Å². The van der Waals surface area contributed by atoms with Gasteiger partial charge in [-0.2, -0.15) is 5.10 Å². The first-order valence-corrected chi connectivity index (χ1v) is 5.90. The van der Waals surface area contributed by atoms with E-state index in [0.717, 1.165) is 36.9 Å². The first-order valence-electron chi connectivity index (χ1n) is 5.90. The first kappa shape index (κ1) is 12.6. The number of fused-ring (bicyclic) bond motifs is 1. The van der Waals surface area contributed by atoms with E-state index in [0.29, 0.717) is 5.56 Å². The molecule has 1 N–H and O–H groups in total. The van der Waals surface area contributed by atoms with Crippen LogP contribution in [0.3, 0.4) is 0 Å². The Morgan fingerprint density at radius 1 is 1.44 bits per heavy atom. The molecule has 0 aliphatic carbocycles. The Morgan fingerprint density at radius 3 is 3.00 bits per heavy atom. The van der Waals surface area contributed by atoms with Gasteiger partial charge < -0.3 is 9.84 Å². The van der Waals surface area contributed by atoms with Crippen LogP contribution in [0.1, 0.15) is 23.2 Å². The zero-order valence-corrected chi connectivity index (χ0v) is 10.3. The quantitative estimate of drug-likeness (QED) is 0.796. The molecule has 18 heavy (non-hydrogen) atoms. The van der Waals surface area contributed by atoms with Gasteiger partial charge in [0.2, 0.25) is 0 Å². The van der Waals surface area contributed by atoms with Crippen molar-refractivity contribution in [3.63, 3.8) is 0 Å². The molecule has 0 saturated heterocycles. The average Bonchev–Trinajstić information content (AvgIpc) is 2.77. The lowest BCUT2D eigenvalue weighted by Gasteiger charge is -2.03. The second-order valence-electron chi connectivity index (χ2n) is 4.15. The molecule has 0 unspecified atom stereocenters. The topological polar surface area (TPSA) is 64.4 Å². The maximum atomic E-state index is 10.9. The number of unbranched alkanes of at least 4 members (excludes halogenated alkanes) is 1. The summed E-state index contributed by atoms with van der Waals surface area (Å²) in [6.07, 6.45) is 3.69. The molecule has 0 aliphatic heterocycles. The molecular formula is C13H16N2O3. The maximum absolute atomic E-state index is 10.9. The number of hydrogen-bond acceptors (Lipinski definition) is 3. The highest BCUT2D eigenvalue weighted by atomic mass is 16.5. The van der Waals surface area contributed by atoms with Gasteiger partial charge in [-0.05, 0) is 31.0 Å². The number of aromatic carboxylic acids is 1. The molecule has 0 bridgehead atoms. The Morgan fingerprint density at radius 2 is 2.28 bits per heavy atom. The van der Waals surface area contributed by atoms with Crippen molar-refractivity contribution in [2.24, 2.45) is 0 Å². The average molecular weight is 248 g/mol. The molecule has 2 rings (SSSR count). The van der Waals surface area contributed by atoms with Gasteiger partial charge in [0.25, 0.3) is 0 Å². The molecule has 1 heterocycles. The molecule has 5 heteroatoms. The summed E-state index contributed by atoms with van der Waals surface area (Å²) in [5, 5.41) is 14.0. The van der Waals surface area contributed by atoms with Crippen LogP contribution in [0.15, 0.2) is 24.4 Å². The summed E-state index contributed by atoms with van der Waals surface area (Å²) in [7, 11) is 1.69. The van der Waals surface area contributed by atoms with Crippen molar-refractivity contribution in [2.75, 3.05) is 13.7 Å². The zero-order valence-electron chi connectivity index (χ0n) is 10.3. The van der Waals surface area contributed by atoms with Gasteiger partial charge in [0.05, 0.1) is 17.3 Å². The summed E-state index contributed by atoms with van der Waals surface area (Å²) in [6.45, 7) is 1.57. The third-order valence-electron chi connectivity index (χ3n) is 2.86. The van der Waals surface area contributed by atoms with Crippen LogP contribution in [0.5, 0.6) is 0 Å². The third kappa shape index (κ3) is 2.68. The van der Waals surface area contributed by atoms with E-state index in [9.17, 15) is 4.79 Å². The fraction of sp³-hybridized carbons (Fsp3) is 0.385. The van der Waals surface area contributed by atoms with Gasteiger partial charge in [-0.15, -0.1) is 0 Å². The Kier molecular flexibility index (Phi) is 3.94. The summed E-state index contributed by atoms with van der Waals surface area (Å²) in [6, 6.07) is 5.07. The molecule has 1 aromatic carbocycles. The highest BCUT2D eigenvalue weighted by molar-refractivity contribution is 5.93. The van der Waals surface area contributed by atoms with E-state index >= 15 is 0 Å². The summed E-state index contributed by atoms with van der Waals surface area (Å²) in [5.41, 5.74) is 1.26. The van der Waals surface area contributed by atoms with Crippen molar-refractivity contribution in [1.29, 1.82) is 0 Å². The van der Waals surface area contributed by atoms with Crippen molar-refractivity contribution in [3.05, 3.63) is 30.0 Å². The Hall–Kier alpha value is -1.88. The summed E-state index contributed by atoms with van der Waals surface area (Å²) in [4.78, 5) is 10.9. The largest absolute Gasteiger partial charge is 0.478 e. The fourth-order valence-corrected chi connectivity index (χ4v) is 1.91. The summed E-state index contributed by atoms with van der Waals surface area (Å²) < 4.78 is 6.90. The number of methoxy groups -OCH3 is 1. The smallest absolute Gasteiger partial charge is 0.335 e. The predicted octanol–water partition coefficient (Wildman–Crippen LogP) is 2.16. The van der Waals surface area contributed by atoms with Gasteiger partial charge >= 0.3 is 5.97 Å². The third-order valence-corrected chi connectivity index (χ3v) is 2.86. The Bertz CT molecular complexity index is 548. The number of benzene rings is 1. The normalized spacial score (nSPS) is 10.9. The summed E-state index contributed by atoms with van der Waals surface area (Å²) >= 11 is 0. The van der Waals surface area contributed by atoms with E-state index in [1.807, 2.05) is 10.7 Å². The lowest BCUT2D eigenvalue weighted by molar-refractivity contribution is 0.0697. The number of carbonyl (C=O) groups is 1. The van der Waals surface area contributed by atoms with E-state index in [4.69, 9.17) is 9.84 Å². The van der Waals surface area contributed by atoms with Crippen molar-refractivity contribution >= 4 is 16.9 Å². The highest BCUT2D eigenvalue weighted by Crippen LogP contribution is 2.16. The van der Waals surface area contributed by atoms with Crippen molar-refractivity contribution in [3.8, 4) is 0 Å². The number of rotatable bonds is 6. The van der Waals surface area contributed by atoms with E-state index in [-0.39, 0.29) is 0 Å². The van der Waals surface area contributed by atoms with Crippen LogP contribution >= 0.6 is 0 Å². The lowest BCUT2D eigenvalue weighted by atomic mass is 10.1. The van der Waals surface area contributed by atoms with Gasteiger partial charge in [0.15, 0.2) is 0 Å². The molecule has 96 valence electrons. The van der Waals surface area contributed by atoms with Gasteiger partial charge in [-0.3, -0.25) is 4.68 Å². The van der Waals surface area contributed by atoms with Gasteiger partial charge in [0, 0.05) is 25.6 Å². The zero-order chi connectivity index (χ0) is 13.0. The monoisotopic (exact) mass is 248 g/mol. The Labute approximate surface area is 105 Å². The minimum atomic E-state index is -0.912. The number of aryl methyl sites for hydroxylation is 1. The van der Waals surface area contributed by atoms with Crippen LogP contribution in [0.4, 0.5) is 0 Å². The van der Waals surface area contributed by atoms with Crippen LogP contribution in [0.25, 0.3) is 10.9 Å². The molecule has 5 nitrogen and oxygen atoms in total. The minimum Gasteiger partial charge on any atom is -0.478 e. The molecule has 0 saturated carbocycles. The minimum absolute atomic E-state index is 0.293. The second kappa shape index (κ2) is 5.64. The van der Waals surface area contributed by atoms with E-state index in [2.05, 4.69) is 5.10 Å². The molecule has 0 fully saturated rings. The van der Waals surface area contributed by atoms with E-state index < -0.39 is 5.97 Å². The molecule has 0 amide bonds. The van der Waals surface area contributed by atoms with Gasteiger partial charge in [-0.1, -0.05) is 0 Å². The molecule has 0 spiro atoms. The van der Waals surface area contributed by atoms with Gasteiger partial charge in [0.1, 0.15) is 0 Å². The number of nitrogens with zero attached hydrogens (tertiary/aromatic N) is 2. The van der Waals surface area contributed by atoms with Crippen LogP contribution in [-0.4, -0.2) is 34.6 Å². The fourth-order valence-electron chi connectivity index (χ4n) is 1.91. The maximum Gasteiger partial charge on any atom is 0.335 e. The Balaban J connectivity index is 2.13. The molecule has 2 aromatic rings. The first-order chi connectivity index (χ1) is 8.72. The van der Waals surface area contributed by atoms with Crippen LogP contribution in [0, 0.1) is 0 Å². The summed E-state index contributed by atoms with van der Waals surface area (Å²) in [5.74, 6) is -0.912. The SMILES string of the molecule is COCCCCn1ncc2cc(C(=O)O)ccc21. The molecular weight excluding hydrogens is 232 g/mol.